The first-order valence-electron chi connectivity index (χ1n) is 13.7. The number of hydrogen-bond acceptors (Lipinski definition) is 10. The third-order valence-corrected chi connectivity index (χ3v) is 7.66. The highest BCUT2D eigenvalue weighted by molar-refractivity contribution is 7.08. The summed E-state index contributed by atoms with van der Waals surface area (Å²) in [7, 11) is 0. The van der Waals surface area contributed by atoms with Crippen LogP contribution < -0.4 is 0 Å². The molecule has 2 aromatic carbocycles. The van der Waals surface area contributed by atoms with Crippen molar-refractivity contribution >= 4 is 46.8 Å². The third kappa shape index (κ3) is 8.92. The molecule has 0 radical (unpaired) electrons. The van der Waals surface area contributed by atoms with Crippen LogP contribution in [0.2, 0.25) is 5.02 Å². The Balaban J connectivity index is 1.66. The van der Waals surface area contributed by atoms with Crippen LogP contribution in [0.15, 0.2) is 59.3 Å². The van der Waals surface area contributed by atoms with Gasteiger partial charge in [-0.3, -0.25) is 19.2 Å². The molecule has 0 aliphatic carbocycles. The highest BCUT2D eigenvalue weighted by Crippen LogP contribution is 2.39. The second-order valence-corrected chi connectivity index (χ2v) is 11.3. The predicted molar refractivity (Wildman–Crippen MR) is 162 cm³/mol. The van der Waals surface area contributed by atoms with E-state index >= 15 is 0 Å². The smallest absolute Gasteiger partial charge is 0.303 e. The molecule has 0 N–H and O–H groups in total. The first kappa shape index (κ1) is 32.7. The fraction of sp³-hybridized carbons (Fsp3) is 0.333. The summed E-state index contributed by atoms with van der Waals surface area (Å²) >= 11 is 8.20. The van der Waals surface area contributed by atoms with E-state index in [0.29, 0.717) is 17.0 Å². The van der Waals surface area contributed by atoms with Crippen molar-refractivity contribution in [1.82, 2.24) is 0 Å². The fourth-order valence-electron chi connectivity index (χ4n) is 4.81. The monoisotopic (exact) mass is 638 g/mol. The Hall–Kier alpha value is -4.17. The lowest BCUT2D eigenvalue weighted by atomic mass is 9.89. The van der Waals surface area contributed by atoms with Crippen molar-refractivity contribution < 1.29 is 42.9 Å². The number of carbonyl (C=O) groups is 4. The first-order chi connectivity index (χ1) is 21.0. The molecule has 0 spiro atoms. The third-order valence-electron chi connectivity index (χ3n) is 6.61. The fourth-order valence-corrected chi connectivity index (χ4v) is 5.58. The van der Waals surface area contributed by atoms with E-state index in [1.165, 1.54) is 27.7 Å². The minimum absolute atomic E-state index is 0.309. The standard InChI is InChI=1S/C33H31ClO9S/c1-19(35)39-17-29-31(40-20(2)36)33(42-22(4)38)32(41-21(3)37)30(43-29)26-11-12-28(34)27(16-26)15-24-8-5-23(6-9-24)7-10-25-13-14-44-18-25/h5-6,8-9,11-14,16,18,29-33H,15,17H2,1-4H3/t29-,30+,31-,32+,33?/m1/s1. The lowest BCUT2D eigenvalue weighted by Gasteiger charge is -2.44. The molecule has 44 heavy (non-hydrogen) atoms. The quantitative estimate of drug-likeness (QED) is 0.187. The summed E-state index contributed by atoms with van der Waals surface area (Å²) in [5.74, 6) is 3.63. The summed E-state index contributed by atoms with van der Waals surface area (Å²) in [6.07, 6.45) is -5.28. The molecule has 1 fully saturated rings. The SMILES string of the molecule is CC(=O)OC[C@H]1O[C@@H](c2ccc(Cl)c(Cc3ccc(C#Cc4ccsc4)cc3)c2)[C@H](OC(C)=O)C(OC(C)=O)[C@@H]1OC(C)=O. The first-order valence-corrected chi connectivity index (χ1v) is 15.0. The van der Waals surface area contributed by atoms with E-state index in [4.69, 9.17) is 35.3 Å². The number of thiophene rings is 1. The van der Waals surface area contributed by atoms with Crippen LogP contribution in [-0.2, 0) is 49.3 Å². The lowest BCUT2D eigenvalue weighted by molar-refractivity contribution is -0.254. The molecular formula is C33H31ClO9S. The molecule has 1 aliphatic rings. The van der Waals surface area contributed by atoms with Gasteiger partial charge in [0.15, 0.2) is 18.3 Å². The van der Waals surface area contributed by atoms with Gasteiger partial charge in [0.05, 0.1) is 0 Å². The summed E-state index contributed by atoms with van der Waals surface area (Å²) < 4.78 is 28.1. The van der Waals surface area contributed by atoms with Crippen LogP contribution in [-0.4, -0.2) is 54.9 Å². The van der Waals surface area contributed by atoms with Crippen LogP contribution in [0.3, 0.4) is 0 Å². The van der Waals surface area contributed by atoms with Gasteiger partial charge in [-0.1, -0.05) is 47.7 Å². The zero-order chi connectivity index (χ0) is 31.8. The lowest BCUT2D eigenvalue weighted by Crippen LogP contribution is -2.59. The minimum atomic E-state index is -1.26. The van der Waals surface area contributed by atoms with Gasteiger partial charge in [0, 0.05) is 49.2 Å². The maximum Gasteiger partial charge on any atom is 0.303 e. The van der Waals surface area contributed by atoms with Gasteiger partial charge in [-0.25, -0.2) is 0 Å². The molecule has 5 atom stereocenters. The number of ether oxygens (including phenoxy) is 5. The van der Waals surface area contributed by atoms with E-state index in [1.807, 2.05) is 47.2 Å². The van der Waals surface area contributed by atoms with Crippen molar-refractivity contribution in [2.45, 2.75) is 64.6 Å². The van der Waals surface area contributed by atoms with Gasteiger partial charge in [-0.2, -0.15) is 11.3 Å². The molecule has 1 saturated heterocycles. The maximum atomic E-state index is 12.2. The Bertz CT molecular complexity index is 1560. The van der Waals surface area contributed by atoms with Crippen LogP contribution in [0.25, 0.3) is 0 Å². The zero-order valence-electron chi connectivity index (χ0n) is 24.5. The highest BCUT2D eigenvalue weighted by Gasteiger charge is 2.52. The van der Waals surface area contributed by atoms with Gasteiger partial charge in [-0.05, 0) is 52.8 Å². The van der Waals surface area contributed by atoms with Crippen LogP contribution in [0.1, 0.15) is 61.6 Å². The summed E-state index contributed by atoms with van der Waals surface area (Å²) in [5.41, 5.74) is 4.13. The van der Waals surface area contributed by atoms with Crippen molar-refractivity contribution in [3.05, 3.63) is 92.1 Å². The molecule has 0 amide bonds. The Morgan fingerprint density at radius 1 is 0.795 bits per heavy atom. The van der Waals surface area contributed by atoms with Crippen LogP contribution >= 0.6 is 22.9 Å². The molecule has 9 nitrogen and oxygen atoms in total. The van der Waals surface area contributed by atoms with Gasteiger partial charge in [-0.15, -0.1) is 0 Å². The zero-order valence-corrected chi connectivity index (χ0v) is 26.1. The number of benzene rings is 2. The van der Waals surface area contributed by atoms with Crippen LogP contribution in [0.5, 0.6) is 0 Å². The summed E-state index contributed by atoms with van der Waals surface area (Å²) in [6.45, 7) is 4.47. The second kappa shape index (κ2) is 15.0. The Morgan fingerprint density at radius 3 is 2.05 bits per heavy atom. The Kier molecular flexibility index (Phi) is 11.2. The molecule has 1 aromatic heterocycles. The van der Waals surface area contributed by atoms with Gasteiger partial charge in [0.2, 0.25) is 0 Å². The topological polar surface area (TPSA) is 114 Å². The number of esters is 4. The number of halogens is 1. The van der Waals surface area contributed by atoms with Gasteiger partial charge < -0.3 is 23.7 Å². The van der Waals surface area contributed by atoms with Crippen molar-refractivity contribution in [3.63, 3.8) is 0 Å². The number of hydrogen-bond donors (Lipinski definition) is 0. The van der Waals surface area contributed by atoms with E-state index < -0.39 is 54.4 Å². The summed E-state index contributed by atoms with van der Waals surface area (Å²) in [6, 6.07) is 15.0. The van der Waals surface area contributed by atoms with Crippen LogP contribution in [0, 0.1) is 11.8 Å². The molecule has 4 rings (SSSR count). The van der Waals surface area contributed by atoms with E-state index in [1.54, 1.807) is 23.5 Å². The molecule has 0 bridgehead atoms. The molecular weight excluding hydrogens is 608 g/mol. The van der Waals surface area contributed by atoms with Crippen LogP contribution in [0.4, 0.5) is 0 Å². The largest absolute Gasteiger partial charge is 0.463 e. The number of rotatable bonds is 8. The average Bonchev–Trinajstić information content (AvgIpc) is 3.48. The Labute approximate surface area is 264 Å². The van der Waals surface area contributed by atoms with Crippen molar-refractivity contribution in [1.29, 1.82) is 0 Å². The molecule has 2 heterocycles. The molecule has 1 aliphatic heterocycles. The molecule has 0 saturated carbocycles. The van der Waals surface area contributed by atoms with Crippen molar-refractivity contribution in [3.8, 4) is 11.8 Å². The molecule has 230 valence electrons. The predicted octanol–water partition coefficient (Wildman–Crippen LogP) is 5.19. The van der Waals surface area contributed by atoms with Crippen molar-refractivity contribution in [2.24, 2.45) is 0 Å². The van der Waals surface area contributed by atoms with E-state index in [-0.39, 0.29) is 6.61 Å². The average molecular weight is 639 g/mol. The van der Waals surface area contributed by atoms with E-state index in [0.717, 1.165) is 22.3 Å². The molecule has 1 unspecified atom stereocenters. The number of carbonyl (C=O) groups excluding carboxylic acids is 4. The van der Waals surface area contributed by atoms with E-state index in [2.05, 4.69) is 11.8 Å². The Morgan fingerprint density at radius 2 is 1.43 bits per heavy atom. The minimum Gasteiger partial charge on any atom is -0.463 e. The molecule has 11 heteroatoms. The summed E-state index contributed by atoms with van der Waals surface area (Å²) in [4.78, 5) is 48.0. The maximum absolute atomic E-state index is 12.2. The van der Waals surface area contributed by atoms with Gasteiger partial charge >= 0.3 is 23.9 Å². The van der Waals surface area contributed by atoms with Gasteiger partial charge in [0.1, 0.15) is 18.8 Å². The normalized spacial score (nSPS) is 20.9. The van der Waals surface area contributed by atoms with Crippen molar-refractivity contribution in [2.75, 3.05) is 6.61 Å². The molecule has 3 aromatic rings. The van der Waals surface area contributed by atoms with Gasteiger partial charge in [0.25, 0.3) is 0 Å². The summed E-state index contributed by atoms with van der Waals surface area (Å²) in [5, 5.41) is 4.47. The van der Waals surface area contributed by atoms with E-state index in [9.17, 15) is 19.2 Å². The highest BCUT2D eigenvalue weighted by atomic mass is 35.5. The second-order valence-electron chi connectivity index (χ2n) is 10.1.